The largest absolute Gasteiger partial charge is 0.352 e. The summed E-state index contributed by atoms with van der Waals surface area (Å²) in [5.74, 6) is 0.711. The maximum Gasteiger partial charge on any atom is 0.238 e. The van der Waals surface area contributed by atoms with E-state index in [4.69, 9.17) is 5.14 Å². The second kappa shape index (κ2) is 9.74. The van der Waals surface area contributed by atoms with Gasteiger partial charge in [0.1, 0.15) is 4.34 Å². The maximum absolute atomic E-state index is 12.2. The molecule has 0 fully saturated rings. The second-order valence-electron chi connectivity index (χ2n) is 6.97. The predicted molar refractivity (Wildman–Crippen MR) is 121 cm³/mol. The third kappa shape index (κ3) is 6.40. The number of aromatic nitrogens is 1. The van der Waals surface area contributed by atoms with Crippen molar-refractivity contribution in [3.63, 3.8) is 0 Å². The molecule has 0 unspecified atom stereocenters. The van der Waals surface area contributed by atoms with Gasteiger partial charge in [-0.3, -0.25) is 4.79 Å². The third-order valence-electron chi connectivity index (χ3n) is 4.47. The number of carbonyl (C=O) groups is 1. The van der Waals surface area contributed by atoms with Crippen LogP contribution < -0.4 is 10.5 Å². The molecule has 0 aliphatic heterocycles. The maximum atomic E-state index is 12.2. The number of nitrogens with one attached hydrogen (secondary N) is 1. The SMILES string of the molecule is Cc1ccc(C)c(CSc2nc(CC(=O)NCc3ccc(S(N)(=O)=O)cc3)cs2)c1. The summed E-state index contributed by atoms with van der Waals surface area (Å²) >= 11 is 3.22. The lowest BCUT2D eigenvalue weighted by Gasteiger charge is -2.06. The summed E-state index contributed by atoms with van der Waals surface area (Å²) in [6.07, 6.45) is 0.204. The van der Waals surface area contributed by atoms with E-state index >= 15 is 0 Å². The number of thiazole rings is 1. The van der Waals surface area contributed by atoms with E-state index in [0.717, 1.165) is 21.3 Å². The highest BCUT2D eigenvalue weighted by molar-refractivity contribution is 8.00. The van der Waals surface area contributed by atoms with Crippen LogP contribution in [0.25, 0.3) is 0 Å². The van der Waals surface area contributed by atoms with Gasteiger partial charge in [0.2, 0.25) is 15.9 Å². The zero-order valence-electron chi connectivity index (χ0n) is 16.7. The summed E-state index contributed by atoms with van der Waals surface area (Å²) in [6, 6.07) is 12.5. The molecule has 3 N–H and O–H groups in total. The molecule has 3 rings (SSSR count). The predicted octanol–water partition coefficient (Wildman–Crippen LogP) is 3.56. The Labute approximate surface area is 185 Å². The Morgan fingerprint density at radius 3 is 2.60 bits per heavy atom. The van der Waals surface area contributed by atoms with Crippen molar-refractivity contribution in [3.05, 3.63) is 75.8 Å². The van der Waals surface area contributed by atoms with E-state index in [9.17, 15) is 13.2 Å². The molecule has 30 heavy (non-hydrogen) atoms. The monoisotopic (exact) mass is 461 g/mol. The molecular weight excluding hydrogens is 438 g/mol. The summed E-state index contributed by atoms with van der Waals surface area (Å²) < 4.78 is 23.5. The van der Waals surface area contributed by atoms with Gasteiger partial charge in [-0.1, -0.05) is 47.7 Å². The van der Waals surface area contributed by atoms with E-state index in [1.54, 1.807) is 35.2 Å². The standard InChI is InChI=1S/C21H23N3O3S3/c1-14-3-4-15(2)17(9-14)12-28-21-24-18(13-29-21)10-20(25)23-11-16-5-7-19(8-6-16)30(22,26)27/h3-9,13H,10-12H2,1-2H3,(H,23,25)(H2,22,26,27). The molecule has 0 saturated carbocycles. The van der Waals surface area contributed by atoms with Gasteiger partial charge in [-0.2, -0.15) is 0 Å². The average molecular weight is 462 g/mol. The lowest BCUT2D eigenvalue weighted by molar-refractivity contribution is -0.120. The Balaban J connectivity index is 1.49. The summed E-state index contributed by atoms with van der Waals surface area (Å²) in [5, 5.41) is 9.81. The first-order valence-corrected chi connectivity index (χ1v) is 12.6. The topological polar surface area (TPSA) is 102 Å². The molecule has 0 aliphatic rings. The number of nitrogens with two attached hydrogens (primary N) is 1. The highest BCUT2D eigenvalue weighted by Crippen LogP contribution is 2.28. The molecule has 1 aromatic heterocycles. The number of carbonyl (C=O) groups excluding carboxylic acids is 1. The normalized spacial score (nSPS) is 11.4. The van der Waals surface area contributed by atoms with Crippen molar-refractivity contribution in [2.45, 2.75) is 41.8 Å². The van der Waals surface area contributed by atoms with Crippen molar-refractivity contribution in [1.82, 2.24) is 10.3 Å². The Kier molecular flexibility index (Phi) is 7.30. The first kappa shape index (κ1) is 22.5. The minimum atomic E-state index is -3.71. The molecule has 1 amide bonds. The number of benzene rings is 2. The minimum absolute atomic E-state index is 0.0472. The van der Waals surface area contributed by atoms with E-state index in [0.29, 0.717) is 6.54 Å². The Hall–Kier alpha value is -2.20. The Morgan fingerprint density at radius 1 is 1.17 bits per heavy atom. The Bertz CT molecular complexity index is 1140. The quantitative estimate of drug-likeness (QED) is 0.500. The zero-order chi connectivity index (χ0) is 21.7. The van der Waals surface area contributed by atoms with Crippen molar-refractivity contribution < 1.29 is 13.2 Å². The number of thioether (sulfide) groups is 1. The second-order valence-corrected chi connectivity index (χ2v) is 10.6. The minimum Gasteiger partial charge on any atom is -0.352 e. The van der Waals surface area contributed by atoms with Gasteiger partial charge in [0.15, 0.2) is 0 Å². The van der Waals surface area contributed by atoms with E-state index in [1.165, 1.54) is 28.8 Å². The van der Waals surface area contributed by atoms with Gasteiger partial charge >= 0.3 is 0 Å². The van der Waals surface area contributed by atoms with Crippen molar-refractivity contribution in [2.24, 2.45) is 5.14 Å². The number of aryl methyl sites for hydroxylation is 2. The summed E-state index contributed by atoms with van der Waals surface area (Å²) in [5.41, 5.74) is 5.33. The summed E-state index contributed by atoms with van der Waals surface area (Å²) in [4.78, 5) is 16.8. The third-order valence-corrected chi connectivity index (χ3v) is 7.52. The molecule has 9 heteroatoms. The van der Waals surface area contributed by atoms with E-state index in [-0.39, 0.29) is 17.2 Å². The molecule has 1 heterocycles. The number of nitrogens with zero attached hydrogens (tertiary/aromatic N) is 1. The Morgan fingerprint density at radius 2 is 1.90 bits per heavy atom. The number of hydrogen-bond donors (Lipinski definition) is 2. The van der Waals surface area contributed by atoms with Crippen LogP contribution in [0.2, 0.25) is 0 Å². The van der Waals surface area contributed by atoms with Crippen LogP contribution in [0, 0.1) is 13.8 Å². The van der Waals surface area contributed by atoms with E-state index in [1.807, 2.05) is 5.38 Å². The van der Waals surface area contributed by atoms with Gasteiger partial charge in [0.05, 0.1) is 17.0 Å². The zero-order valence-corrected chi connectivity index (χ0v) is 19.2. The fourth-order valence-electron chi connectivity index (χ4n) is 2.76. The van der Waals surface area contributed by atoms with Gasteiger partial charge < -0.3 is 5.32 Å². The van der Waals surface area contributed by atoms with E-state index in [2.05, 4.69) is 42.3 Å². The van der Waals surface area contributed by atoms with Crippen LogP contribution in [0.15, 0.2) is 57.1 Å². The van der Waals surface area contributed by atoms with Crippen LogP contribution >= 0.6 is 23.1 Å². The lowest BCUT2D eigenvalue weighted by atomic mass is 10.1. The molecule has 158 valence electrons. The molecule has 0 atom stereocenters. The van der Waals surface area contributed by atoms with Crippen LogP contribution in [-0.4, -0.2) is 19.3 Å². The molecule has 0 radical (unpaired) electrons. The lowest BCUT2D eigenvalue weighted by Crippen LogP contribution is -2.24. The van der Waals surface area contributed by atoms with Crippen molar-refractivity contribution in [2.75, 3.05) is 0 Å². The van der Waals surface area contributed by atoms with Gasteiger partial charge in [0.25, 0.3) is 0 Å². The molecule has 0 bridgehead atoms. The first-order chi connectivity index (χ1) is 14.2. The van der Waals surface area contributed by atoms with Crippen LogP contribution in [0.3, 0.4) is 0 Å². The number of rotatable bonds is 8. The smallest absolute Gasteiger partial charge is 0.238 e. The number of sulfonamides is 1. The molecular formula is C21H23N3O3S3. The van der Waals surface area contributed by atoms with Gasteiger partial charge in [-0.25, -0.2) is 18.5 Å². The average Bonchev–Trinajstić information content (AvgIpc) is 3.14. The van der Waals surface area contributed by atoms with Crippen LogP contribution in [-0.2, 0) is 33.5 Å². The number of amides is 1. The molecule has 0 saturated heterocycles. The van der Waals surface area contributed by atoms with Crippen molar-refractivity contribution >= 4 is 39.0 Å². The number of primary sulfonamides is 1. The molecule has 6 nitrogen and oxygen atoms in total. The van der Waals surface area contributed by atoms with Gasteiger partial charge in [0, 0.05) is 17.7 Å². The fraction of sp³-hybridized carbons (Fsp3) is 0.238. The molecule has 0 aliphatic carbocycles. The van der Waals surface area contributed by atoms with Gasteiger partial charge in [-0.15, -0.1) is 11.3 Å². The molecule has 3 aromatic rings. The first-order valence-electron chi connectivity index (χ1n) is 9.22. The van der Waals surface area contributed by atoms with Crippen LogP contribution in [0.5, 0.6) is 0 Å². The molecule has 2 aromatic carbocycles. The van der Waals surface area contributed by atoms with Gasteiger partial charge in [-0.05, 0) is 42.7 Å². The molecule has 0 spiro atoms. The number of hydrogen-bond acceptors (Lipinski definition) is 6. The highest BCUT2D eigenvalue weighted by atomic mass is 32.2. The van der Waals surface area contributed by atoms with Crippen molar-refractivity contribution in [1.29, 1.82) is 0 Å². The highest BCUT2D eigenvalue weighted by Gasteiger charge is 2.10. The van der Waals surface area contributed by atoms with Crippen molar-refractivity contribution in [3.8, 4) is 0 Å². The van der Waals surface area contributed by atoms with Crippen LogP contribution in [0.1, 0.15) is 27.9 Å². The summed E-state index contributed by atoms with van der Waals surface area (Å²) in [6.45, 7) is 4.50. The van der Waals surface area contributed by atoms with Crippen LogP contribution in [0.4, 0.5) is 0 Å². The fourth-order valence-corrected chi connectivity index (χ4v) is 5.18. The van der Waals surface area contributed by atoms with E-state index < -0.39 is 10.0 Å². The summed E-state index contributed by atoms with van der Waals surface area (Å²) in [7, 11) is -3.71.